The van der Waals surface area contributed by atoms with E-state index >= 15 is 0 Å². The van der Waals surface area contributed by atoms with Gasteiger partial charge in [0.15, 0.2) is 0 Å². The zero-order valence-electron chi connectivity index (χ0n) is 9.95. The Morgan fingerprint density at radius 1 is 1.35 bits per heavy atom. The van der Waals surface area contributed by atoms with Crippen LogP contribution in [0.1, 0.15) is 12.5 Å². The van der Waals surface area contributed by atoms with Crippen LogP contribution in [0.5, 0.6) is 0 Å². The van der Waals surface area contributed by atoms with Crippen LogP contribution >= 0.6 is 0 Å². The Balaban J connectivity index is 2.28. The quantitative estimate of drug-likeness (QED) is 0.759. The van der Waals surface area contributed by atoms with Crippen LogP contribution in [0, 0.1) is 43.2 Å². The third-order valence-corrected chi connectivity index (χ3v) is 4.66. The fraction of sp³-hybridized carbons (Fsp3) is 0.167. The van der Waals surface area contributed by atoms with Gasteiger partial charge in [-0.3, -0.25) is 0 Å². The maximum absolute atomic E-state index is 10.8. The number of pyridine rings is 1. The third kappa shape index (κ3) is 3.41. The third-order valence-electron chi connectivity index (χ3n) is 2.55. The van der Waals surface area contributed by atoms with Gasteiger partial charge in [-0.15, -0.1) is 0 Å². The summed E-state index contributed by atoms with van der Waals surface area (Å²) >= 11 is 0.265. The molecule has 0 spiro atoms. The Labute approximate surface area is 130 Å². The SMILES string of the molecule is CC(=O)NCc1ccc2nc([NH][RaH])ccc2c1. The molecule has 0 unspecified atom stereocenters. The van der Waals surface area contributed by atoms with Gasteiger partial charge < -0.3 is 0 Å². The molecule has 2 N–H and O–H groups in total. The molecule has 2 rings (SSSR count). The summed E-state index contributed by atoms with van der Waals surface area (Å²) in [7, 11) is 0. The van der Waals surface area contributed by atoms with Gasteiger partial charge in [-0.05, 0) is 0 Å². The number of anilines is 1. The topological polar surface area (TPSA) is 54.0 Å². The van der Waals surface area contributed by atoms with E-state index in [1.54, 1.807) is 0 Å². The molecule has 0 aliphatic rings. The first kappa shape index (κ1) is 12.8. The summed E-state index contributed by atoms with van der Waals surface area (Å²) in [5, 5.41) is 3.89. The number of fused-ring (bicyclic) bond motifs is 1. The van der Waals surface area contributed by atoms with Crippen LogP contribution in [-0.4, -0.2) is 10.9 Å². The molecule has 0 aliphatic heterocycles. The molecule has 4 nitrogen and oxygen atoms in total. The Hall–Kier alpha value is -0.632. The summed E-state index contributed by atoms with van der Waals surface area (Å²) < 4.78 is 3.24. The molecule has 0 fully saturated rings. The van der Waals surface area contributed by atoms with Crippen molar-refractivity contribution >= 4 is 22.6 Å². The van der Waals surface area contributed by atoms with Crippen LogP contribution < -0.4 is 6.17 Å². The molecule has 1 amide bonds. The predicted molar refractivity (Wildman–Crippen MR) is 64.3 cm³/mol. The number of nitrogens with one attached hydrogen (secondary N) is 2. The number of hydrogen-bond donors (Lipinski definition) is 2. The minimum absolute atomic E-state index is 0.0121. The molecule has 0 saturated carbocycles. The van der Waals surface area contributed by atoms with E-state index in [-0.39, 0.29) is 49.1 Å². The minimum atomic E-state index is -0.0121. The first-order valence-corrected chi connectivity index (χ1v) is 9.62. The standard InChI is InChI=1S/C12H13N3O.Ra.H/c1-8(16)14-7-9-2-4-11-10(6-9)3-5-12(13)15-11;;/h2-6H,7H2,1H3,(H3,13,14,15,16);;/q;+1;/p-1. The number of amides is 1. The first-order chi connectivity index (χ1) is 8.19. The van der Waals surface area contributed by atoms with Gasteiger partial charge in [0, 0.05) is 0 Å². The molecule has 0 saturated heterocycles. The van der Waals surface area contributed by atoms with E-state index in [1.807, 2.05) is 18.2 Å². The van der Waals surface area contributed by atoms with Crippen LogP contribution in [0.2, 0.25) is 0 Å². The van der Waals surface area contributed by atoms with Crippen molar-refractivity contribution in [3.05, 3.63) is 35.9 Å². The number of hydrogen-bond acceptors (Lipinski definition) is 3. The second-order valence-corrected chi connectivity index (χ2v) is 5.94. The van der Waals surface area contributed by atoms with E-state index in [2.05, 4.69) is 23.3 Å². The molecular weight excluding hydrogens is 428 g/mol. The number of aromatic nitrogens is 1. The van der Waals surface area contributed by atoms with E-state index in [9.17, 15) is 4.79 Å². The number of carbonyl (C=O) groups is 1. The molecule has 0 aliphatic carbocycles. The second-order valence-electron chi connectivity index (χ2n) is 3.88. The average molecular weight is 441 g/mol. The van der Waals surface area contributed by atoms with Crippen molar-refractivity contribution in [2.45, 2.75) is 13.5 Å². The fourth-order valence-corrected chi connectivity index (χ4v) is 2.80. The summed E-state index contributed by atoms with van der Waals surface area (Å²) in [5.74, 6) is 0.944. The zero-order chi connectivity index (χ0) is 12.3. The summed E-state index contributed by atoms with van der Waals surface area (Å²) in [6.07, 6.45) is 0. The summed E-state index contributed by atoms with van der Waals surface area (Å²) in [6.45, 7) is 2.09. The molecule has 1 heterocycles. The first-order valence-electron chi connectivity index (χ1n) is 5.51. The van der Waals surface area contributed by atoms with Gasteiger partial charge in [-0.25, -0.2) is 0 Å². The number of nitrogens with zero attached hydrogens (tertiary/aromatic N) is 1. The zero-order valence-corrected chi connectivity index (χ0v) is 18.2. The van der Waals surface area contributed by atoms with Crippen molar-refractivity contribution < 1.29 is 48.0 Å². The maximum atomic E-state index is 10.8. The van der Waals surface area contributed by atoms with Gasteiger partial charge >= 0.3 is 131 Å². The Morgan fingerprint density at radius 2 is 2.18 bits per heavy atom. The summed E-state index contributed by atoms with van der Waals surface area (Å²) in [4.78, 5) is 15.3. The molecule has 0 radical (unpaired) electrons. The van der Waals surface area contributed by atoms with Gasteiger partial charge in [-0.1, -0.05) is 0 Å². The van der Waals surface area contributed by atoms with Gasteiger partial charge in [0.05, 0.1) is 0 Å². The number of carbonyl (C=O) groups excluding carboxylic acids is 1. The normalized spacial score (nSPS) is 10.1. The van der Waals surface area contributed by atoms with Crippen molar-refractivity contribution in [3.63, 3.8) is 0 Å². The Bertz CT molecular complexity index is 556. The predicted octanol–water partition coefficient (Wildman–Crippen LogP) is 1.48. The monoisotopic (exact) mass is 441 g/mol. The molecule has 84 valence electrons. The molecule has 0 atom stereocenters. The van der Waals surface area contributed by atoms with Crippen LogP contribution in [-0.2, 0) is 11.3 Å². The van der Waals surface area contributed by atoms with Crippen molar-refractivity contribution in [2.24, 2.45) is 0 Å². The van der Waals surface area contributed by atoms with Crippen LogP contribution in [0.3, 0.4) is 0 Å². The van der Waals surface area contributed by atoms with E-state index in [0.29, 0.717) is 6.54 Å². The fourth-order valence-electron chi connectivity index (χ4n) is 1.65. The van der Waals surface area contributed by atoms with Gasteiger partial charge in [-0.2, -0.15) is 0 Å². The Kier molecular flexibility index (Phi) is 4.38. The molecular formula is C12H13N3ORa. The van der Waals surface area contributed by atoms with Gasteiger partial charge in [0.25, 0.3) is 0 Å². The number of rotatable bonds is 3. The summed E-state index contributed by atoms with van der Waals surface area (Å²) in [5.41, 5.74) is 2.07. The van der Waals surface area contributed by atoms with Gasteiger partial charge in [0.1, 0.15) is 0 Å². The van der Waals surface area contributed by atoms with E-state index in [1.165, 1.54) is 6.92 Å². The van der Waals surface area contributed by atoms with Crippen molar-refractivity contribution in [1.82, 2.24) is 10.3 Å². The number of benzene rings is 1. The van der Waals surface area contributed by atoms with E-state index in [4.69, 9.17) is 0 Å². The van der Waals surface area contributed by atoms with Crippen LogP contribution in [0.25, 0.3) is 10.9 Å². The molecule has 5 heteroatoms. The molecule has 0 bridgehead atoms. The van der Waals surface area contributed by atoms with Gasteiger partial charge in [0.2, 0.25) is 0 Å². The molecule has 1 aromatic carbocycles. The van der Waals surface area contributed by atoms with Crippen molar-refractivity contribution in [2.75, 3.05) is 0.848 Å². The average Bonchev–Trinajstić information content (AvgIpc) is 2.35. The van der Waals surface area contributed by atoms with Crippen LogP contribution in [0.15, 0.2) is 30.3 Å². The van der Waals surface area contributed by atoms with E-state index < -0.39 is 0 Å². The second kappa shape index (κ2) is 5.81. The molecule has 1 aromatic heterocycles. The van der Waals surface area contributed by atoms with Crippen LogP contribution in [0.4, 0.5) is 5.82 Å². The van der Waals surface area contributed by atoms with E-state index in [0.717, 1.165) is 22.3 Å². The summed E-state index contributed by atoms with van der Waals surface area (Å²) in [6, 6.07) is 10.1. The molecule has 17 heavy (non-hydrogen) atoms. The van der Waals surface area contributed by atoms with Crippen molar-refractivity contribution in [3.8, 4) is 0 Å². The van der Waals surface area contributed by atoms with Crippen molar-refractivity contribution in [1.29, 1.82) is 0 Å². The Morgan fingerprint density at radius 3 is 2.88 bits per heavy atom. The molecule has 2 aromatic rings.